The molecule has 1 aromatic heterocycles. The number of nitrogens with zero attached hydrogens (tertiary/aromatic N) is 2. The zero-order valence-corrected chi connectivity index (χ0v) is 13.7. The summed E-state index contributed by atoms with van der Waals surface area (Å²) >= 11 is 1.57. The fourth-order valence-electron chi connectivity index (χ4n) is 2.39. The highest BCUT2D eigenvalue weighted by Crippen LogP contribution is 2.18. The van der Waals surface area contributed by atoms with Gasteiger partial charge in [0.15, 0.2) is 11.4 Å². The van der Waals surface area contributed by atoms with Gasteiger partial charge in [-0.05, 0) is 43.4 Å². The number of hydroxylamine groups is 1. The highest BCUT2D eigenvalue weighted by atomic mass is 32.2. The van der Waals surface area contributed by atoms with Gasteiger partial charge >= 0.3 is 0 Å². The molecule has 7 heteroatoms. The van der Waals surface area contributed by atoms with Crippen molar-refractivity contribution in [1.82, 2.24) is 15.0 Å². The van der Waals surface area contributed by atoms with E-state index in [4.69, 9.17) is 9.57 Å². The third-order valence-corrected chi connectivity index (χ3v) is 4.29. The number of carbonyl (C=O) groups excluding carboxylic acids is 1. The van der Waals surface area contributed by atoms with Gasteiger partial charge in [-0.3, -0.25) is 9.36 Å². The zero-order valence-electron chi connectivity index (χ0n) is 12.9. The molecule has 1 aliphatic heterocycles. The van der Waals surface area contributed by atoms with Crippen LogP contribution in [0.3, 0.4) is 0 Å². The summed E-state index contributed by atoms with van der Waals surface area (Å²) in [5.74, 6) is -0.276. The Labute approximate surface area is 139 Å². The van der Waals surface area contributed by atoms with Gasteiger partial charge in [0.1, 0.15) is 0 Å². The molecule has 23 heavy (non-hydrogen) atoms. The molecule has 6 nitrogen and oxygen atoms in total. The van der Waals surface area contributed by atoms with Crippen LogP contribution in [-0.2, 0) is 9.57 Å². The molecule has 1 aliphatic rings. The van der Waals surface area contributed by atoms with Crippen LogP contribution < -0.4 is 5.48 Å². The van der Waals surface area contributed by atoms with E-state index in [-0.39, 0.29) is 12.2 Å². The van der Waals surface area contributed by atoms with Gasteiger partial charge in [-0.25, -0.2) is 15.3 Å². The highest BCUT2D eigenvalue weighted by Gasteiger charge is 2.16. The van der Waals surface area contributed by atoms with Gasteiger partial charge in [-0.1, -0.05) is 11.8 Å². The summed E-state index contributed by atoms with van der Waals surface area (Å²) < 4.78 is 7.38. The van der Waals surface area contributed by atoms with E-state index in [0.717, 1.165) is 30.1 Å². The maximum Gasteiger partial charge on any atom is 0.274 e. The van der Waals surface area contributed by atoms with Crippen LogP contribution in [0, 0.1) is 0 Å². The predicted octanol–water partition coefficient (Wildman–Crippen LogP) is 2.78. The fourth-order valence-corrected chi connectivity index (χ4v) is 2.92. The highest BCUT2D eigenvalue weighted by molar-refractivity contribution is 7.98. The molecule has 1 amide bonds. The van der Waals surface area contributed by atoms with E-state index in [0.29, 0.717) is 12.2 Å². The zero-order chi connectivity index (χ0) is 16.1. The van der Waals surface area contributed by atoms with Gasteiger partial charge in [0.25, 0.3) is 5.91 Å². The molecule has 3 rings (SSSR count). The first-order chi connectivity index (χ1) is 11.3. The van der Waals surface area contributed by atoms with Crippen LogP contribution in [0.25, 0.3) is 5.69 Å². The Balaban J connectivity index is 1.61. The number of imidazole rings is 1. The number of benzene rings is 1. The average molecular weight is 333 g/mol. The minimum atomic E-state index is -0.345. The van der Waals surface area contributed by atoms with E-state index in [1.165, 1.54) is 0 Å². The molecular weight excluding hydrogens is 314 g/mol. The van der Waals surface area contributed by atoms with Crippen molar-refractivity contribution in [3.63, 3.8) is 0 Å². The van der Waals surface area contributed by atoms with Crippen molar-refractivity contribution in [2.45, 2.75) is 30.7 Å². The molecular formula is C16H19N3O3S. The Morgan fingerprint density at radius 3 is 2.91 bits per heavy atom. The second kappa shape index (κ2) is 7.63. The summed E-state index contributed by atoms with van der Waals surface area (Å²) in [6, 6.07) is 7.29. The lowest BCUT2D eigenvalue weighted by atomic mass is 10.2. The van der Waals surface area contributed by atoms with Gasteiger partial charge in [0.05, 0.1) is 0 Å². The normalized spacial score (nSPS) is 17.9. The van der Waals surface area contributed by atoms with Crippen LogP contribution in [0.4, 0.5) is 0 Å². The molecule has 0 spiro atoms. The van der Waals surface area contributed by atoms with Crippen molar-refractivity contribution in [3.8, 4) is 5.69 Å². The van der Waals surface area contributed by atoms with E-state index in [1.54, 1.807) is 30.1 Å². The van der Waals surface area contributed by atoms with E-state index in [9.17, 15) is 4.79 Å². The van der Waals surface area contributed by atoms with Crippen molar-refractivity contribution in [1.29, 1.82) is 0 Å². The molecule has 1 fully saturated rings. The van der Waals surface area contributed by atoms with Gasteiger partial charge in [-0.2, -0.15) is 0 Å². The van der Waals surface area contributed by atoms with Crippen LogP contribution in [0.2, 0.25) is 0 Å². The Morgan fingerprint density at radius 1 is 1.39 bits per heavy atom. The first kappa shape index (κ1) is 16.0. The van der Waals surface area contributed by atoms with Crippen molar-refractivity contribution in [3.05, 3.63) is 42.2 Å². The summed E-state index contributed by atoms with van der Waals surface area (Å²) in [4.78, 5) is 21.7. The molecule has 2 heterocycles. The van der Waals surface area contributed by atoms with Crippen molar-refractivity contribution >= 4 is 17.7 Å². The van der Waals surface area contributed by atoms with Crippen LogP contribution in [0.5, 0.6) is 0 Å². The second-order valence-electron chi connectivity index (χ2n) is 5.18. The number of ether oxygens (including phenoxy) is 1. The smallest absolute Gasteiger partial charge is 0.274 e. The Bertz CT molecular complexity index is 651. The summed E-state index contributed by atoms with van der Waals surface area (Å²) in [6.45, 7) is 0.678. The number of rotatable bonds is 5. The number of carbonyl (C=O) groups is 1. The number of hydrogen-bond acceptors (Lipinski definition) is 5. The molecule has 0 aliphatic carbocycles. The van der Waals surface area contributed by atoms with E-state index >= 15 is 0 Å². The Hall–Kier alpha value is -1.83. The van der Waals surface area contributed by atoms with E-state index in [1.807, 2.05) is 29.2 Å². The lowest BCUT2D eigenvalue weighted by molar-refractivity contribution is -0.186. The van der Waals surface area contributed by atoms with Gasteiger partial charge in [0, 0.05) is 36.7 Å². The molecule has 1 unspecified atom stereocenters. The minimum absolute atomic E-state index is 0.276. The van der Waals surface area contributed by atoms with Crippen molar-refractivity contribution < 1.29 is 14.4 Å². The predicted molar refractivity (Wildman–Crippen MR) is 87.5 cm³/mol. The number of nitrogens with one attached hydrogen (secondary N) is 1. The first-order valence-electron chi connectivity index (χ1n) is 7.53. The second-order valence-corrected chi connectivity index (χ2v) is 5.95. The lowest BCUT2D eigenvalue weighted by Gasteiger charge is -2.22. The lowest BCUT2D eigenvalue weighted by Crippen LogP contribution is -2.33. The van der Waals surface area contributed by atoms with Crippen LogP contribution in [0.15, 0.2) is 41.8 Å². The molecule has 2 aromatic rings. The average Bonchev–Trinajstić information content (AvgIpc) is 3.09. The topological polar surface area (TPSA) is 65.4 Å². The molecule has 0 radical (unpaired) electrons. The third-order valence-electron chi connectivity index (χ3n) is 3.62. The molecule has 0 bridgehead atoms. The number of amides is 1. The molecule has 1 N–H and O–H groups in total. The molecule has 1 aromatic carbocycles. The maximum atomic E-state index is 12.1. The monoisotopic (exact) mass is 333 g/mol. The first-order valence-corrected chi connectivity index (χ1v) is 8.76. The summed E-state index contributed by atoms with van der Waals surface area (Å²) in [5, 5.41) is 0.903. The van der Waals surface area contributed by atoms with Crippen LogP contribution >= 0.6 is 11.8 Å². The Kier molecular flexibility index (Phi) is 5.32. The van der Waals surface area contributed by atoms with E-state index in [2.05, 4.69) is 10.5 Å². The summed E-state index contributed by atoms with van der Waals surface area (Å²) in [5.41, 5.74) is 3.95. The van der Waals surface area contributed by atoms with Gasteiger partial charge < -0.3 is 4.74 Å². The van der Waals surface area contributed by atoms with Crippen LogP contribution in [-0.4, -0.2) is 34.6 Å². The molecule has 1 saturated heterocycles. The number of aromatic nitrogens is 2. The molecule has 0 saturated carbocycles. The number of thioether (sulfide) groups is 1. The minimum Gasteiger partial charge on any atom is -0.350 e. The largest absolute Gasteiger partial charge is 0.350 e. The quantitative estimate of drug-likeness (QED) is 0.673. The Morgan fingerprint density at radius 2 is 2.22 bits per heavy atom. The molecule has 122 valence electrons. The molecule has 1 atom stereocenters. The van der Waals surface area contributed by atoms with Crippen molar-refractivity contribution in [2.24, 2.45) is 0 Å². The summed E-state index contributed by atoms with van der Waals surface area (Å²) in [7, 11) is 0. The summed E-state index contributed by atoms with van der Waals surface area (Å²) in [6.07, 6.45) is 8.18. The third kappa shape index (κ3) is 3.93. The standard InChI is InChI=1S/C16H19N3O3S/c1-23-16-17-9-10-19(16)13-7-5-12(6-8-13)15(20)18-22-14-4-2-3-11-21-14/h5-10,14H,2-4,11H2,1H3,(H,18,20). The van der Waals surface area contributed by atoms with Crippen LogP contribution in [0.1, 0.15) is 29.6 Å². The number of hydrogen-bond donors (Lipinski definition) is 1. The van der Waals surface area contributed by atoms with Gasteiger partial charge in [0.2, 0.25) is 0 Å². The van der Waals surface area contributed by atoms with Crippen molar-refractivity contribution in [2.75, 3.05) is 12.9 Å². The fraction of sp³-hybridized carbons (Fsp3) is 0.375. The maximum absolute atomic E-state index is 12.1. The SMILES string of the molecule is CSc1nccn1-c1ccc(C(=O)NOC2CCCCO2)cc1. The van der Waals surface area contributed by atoms with Gasteiger partial charge in [-0.15, -0.1) is 0 Å². The van der Waals surface area contributed by atoms with E-state index < -0.39 is 0 Å².